The summed E-state index contributed by atoms with van der Waals surface area (Å²) in [4.78, 5) is 6.78. The van der Waals surface area contributed by atoms with Gasteiger partial charge < -0.3 is 0 Å². The van der Waals surface area contributed by atoms with Crippen molar-refractivity contribution in [3.8, 4) is 0 Å². The highest BCUT2D eigenvalue weighted by Gasteiger charge is 2.19. The van der Waals surface area contributed by atoms with Crippen LogP contribution in [0.3, 0.4) is 0 Å². The van der Waals surface area contributed by atoms with Crippen LogP contribution in [0.15, 0.2) is 30.3 Å². The SMILES string of the molecule is CN(Cn1[nH]c(/C=C/c2ccccc2)nc1=S)C1CCCC1. The maximum absolute atomic E-state index is 5.36. The summed E-state index contributed by atoms with van der Waals surface area (Å²) in [6, 6.07) is 10.9. The first-order valence-corrected chi connectivity index (χ1v) is 8.23. The third-order valence-electron chi connectivity index (χ3n) is 4.24. The monoisotopic (exact) mass is 314 g/mol. The first kappa shape index (κ1) is 15.2. The van der Waals surface area contributed by atoms with Crippen LogP contribution in [0.2, 0.25) is 0 Å². The highest BCUT2D eigenvalue weighted by atomic mass is 32.1. The van der Waals surface area contributed by atoms with Crippen molar-refractivity contribution in [2.75, 3.05) is 7.05 Å². The molecular formula is C17H22N4S. The van der Waals surface area contributed by atoms with E-state index < -0.39 is 0 Å². The molecule has 4 nitrogen and oxygen atoms in total. The molecule has 1 aliphatic rings. The minimum Gasteiger partial charge on any atom is -0.284 e. The van der Waals surface area contributed by atoms with Gasteiger partial charge in [-0.1, -0.05) is 49.2 Å². The Morgan fingerprint density at radius 2 is 2.00 bits per heavy atom. The summed E-state index contributed by atoms with van der Waals surface area (Å²) in [7, 11) is 2.16. The number of rotatable bonds is 5. The molecule has 0 bridgehead atoms. The van der Waals surface area contributed by atoms with Gasteiger partial charge in [-0.05, 0) is 43.7 Å². The molecule has 0 spiro atoms. The second-order valence-electron chi connectivity index (χ2n) is 5.90. The van der Waals surface area contributed by atoms with Crippen LogP contribution >= 0.6 is 12.2 Å². The predicted octanol–water partition coefficient (Wildman–Crippen LogP) is 3.94. The molecule has 3 rings (SSSR count). The van der Waals surface area contributed by atoms with Gasteiger partial charge in [0.25, 0.3) is 0 Å². The lowest BCUT2D eigenvalue weighted by molar-refractivity contribution is 0.184. The highest BCUT2D eigenvalue weighted by molar-refractivity contribution is 7.71. The molecule has 0 radical (unpaired) electrons. The lowest BCUT2D eigenvalue weighted by Gasteiger charge is -2.23. The third kappa shape index (κ3) is 3.72. The molecule has 0 amide bonds. The molecule has 0 saturated heterocycles. The van der Waals surface area contributed by atoms with E-state index in [2.05, 4.69) is 34.2 Å². The topological polar surface area (TPSA) is 36.9 Å². The normalized spacial score (nSPS) is 16.1. The highest BCUT2D eigenvalue weighted by Crippen LogP contribution is 2.22. The van der Waals surface area contributed by atoms with E-state index >= 15 is 0 Å². The molecule has 22 heavy (non-hydrogen) atoms. The van der Waals surface area contributed by atoms with Gasteiger partial charge in [-0.3, -0.25) is 10.00 Å². The maximum Gasteiger partial charge on any atom is 0.217 e. The number of nitrogens with one attached hydrogen (secondary N) is 1. The summed E-state index contributed by atoms with van der Waals surface area (Å²) in [5.74, 6) is 0.800. The zero-order valence-corrected chi connectivity index (χ0v) is 13.7. The van der Waals surface area contributed by atoms with Crippen molar-refractivity contribution in [2.45, 2.75) is 38.4 Å². The molecule has 0 aliphatic heterocycles. The predicted molar refractivity (Wildman–Crippen MR) is 92.8 cm³/mol. The molecule has 1 saturated carbocycles. The summed E-state index contributed by atoms with van der Waals surface area (Å²) in [6.45, 7) is 0.773. The van der Waals surface area contributed by atoms with E-state index in [1.54, 1.807) is 0 Å². The van der Waals surface area contributed by atoms with Crippen LogP contribution in [-0.2, 0) is 6.67 Å². The van der Waals surface area contributed by atoms with Crippen molar-refractivity contribution in [2.24, 2.45) is 0 Å². The molecule has 1 aliphatic carbocycles. The zero-order valence-electron chi connectivity index (χ0n) is 12.9. The van der Waals surface area contributed by atoms with Crippen molar-refractivity contribution in [3.05, 3.63) is 46.5 Å². The first-order chi connectivity index (χ1) is 10.7. The van der Waals surface area contributed by atoms with E-state index in [9.17, 15) is 0 Å². The Hall–Kier alpha value is -1.72. The molecule has 1 aromatic carbocycles. The van der Waals surface area contributed by atoms with E-state index in [1.807, 2.05) is 35.0 Å². The summed E-state index contributed by atoms with van der Waals surface area (Å²) in [6.07, 6.45) is 9.27. The van der Waals surface area contributed by atoms with Crippen LogP contribution in [0.25, 0.3) is 12.2 Å². The standard InChI is InChI=1S/C17H22N4S/c1-20(15-9-5-6-10-15)13-21-17(22)18-16(19-21)12-11-14-7-3-2-4-8-14/h2-4,7-8,11-12,15H,5-6,9-10,13H2,1H3,(H,18,19,22)/b12-11+. The van der Waals surface area contributed by atoms with Gasteiger partial charge in [0.15, 0.2) is 0 Å². The van der Waals surface area contributed by atoms with Gasteiger partial charge in [-0.25, -0.2) is 4.68 Å². The van der Waals surface area contributed by atoms with Gasteiger partial charge in [0.2, 0.25) is 4.77 Å². The van der Waals surface area contributed by atoms with Gasteiger partial charge in [-0.2, -0.15) is 4.98 Å². The third-order valence-corrected chi connectivity index (χ3v) is 4.55. The summed E-state index contributed by atoms with van der Waals surface area (Å²) in [5, 5.41) is 3.28. The molecule has 116 valence electrons. The van der Waals surface area contributed by atoms with Crippen LogP contribution in [0.5, 0.6) is 0 Å². The lowest BCUT2D eigenvalue weighted by Crippen LogP contribution is -2.31. The van der Waals surface area contributed by atoms with Crippen LogP contribution in [0.1, 0.15) is 37.1 Å². The Labute approximate surface area is 136 Å². The van der Waals surface area contributed by atoms with E-state index in [1.165, 1.54) is 25.7 Å². The molecule has 0 atom stereocenters. The van der Waals surface area contributed by atoms with E-state index in [-0.39, 0.29) is 0 Å². The van der Waals surface area contributed by atoms with Crippen molar-refractivity contribution in [1.82, 2.24) is 19.7 Å². The van der Waals surface area contributed by atoms with Gasteiger partial charge in [0, 0.05) is 6.04 Å². The van der Waals surface area contributed by atoms with E-state index in [0.29, 0.717) is 10.8 Å². The van der Waals surface area contributed by atoms with Crippen LogP contribution in [-0.4, -0.2) is 32.8 Å². The van der Waals surface area contributed by atoms with Gasteiger partial charge in [0.05, 0.1) is 6.67 Å². The van der Waals surface area contributed by atoms with Crippen LogP contribution < -0.4 is 0 Å². The Kier molecular flexibility index (Phi) is 4.85. The van der Waals surface area contributed by atoms with Crippen LogP contribution in [0.4, 0.5) is 0 Å². The summed E-state index contributed by atoms with van der Waals surface area (Å²) >= 11 is 5.36. The number of hydrogen-bond acceptors (Lipinski definition) is 3. The Bertz CT molecular complexity index is 680. The number of benzene rings is 1. The van der Waals surface area contributed by atoms with Gasteiger partial charge in [-0.15, -0.1) is 0 Å². The lowest BCUT2D eigenvalue weighted by atomic mass is 10.2. The summed E-state index contributed by atoms with van der Waals surface area (Å²) in [5.41, 5.74) is 1.15. The van der Waals surface area contributed by atoms with Crippen molar-refractivity contribution < 1.29 is 0 Å². The van der Waals surface area contributed by atoms with Crippen molar-refractivity contribution in [3.63, 3.8) is 0 Å². The molecule has 0 unspecified atom stereocenters. The Balaban J connectivity index is 1.68. The number of H-pyrrole nitrogens is 1. The van der Waals surface area contributed by atoms with Gasteiger partial charge >= 0.3 is 0 Å². The molecule has 1 fully saturated rings. The zero-order chi connectivity index (χ0) is 15.4. The fraction of sp³-hybridized carbons (Fsp3) is 0.412. The van der Waals surface area contributed by atoms with Gasteiger partial charge in [0.1, 0.15) is 5.82 Å². The van der Waals surface area contributed by atoms with E-state index in [0.717, 1.165) is 18.1 Å². The number of aromatic amines is 1. The van der Waals surface area contributed by atoms with Crippen LogP contribution in [0, 0.1) is 4.77 Å². The van der Waals surface area contributed by atoms with Crippen molar-refractivity contribution in [1.29, 1.82) is 0 Å². The second-order valence-corrected chi connectivity index (χ2v) is 6.27. The Morgan fingerprint density at radius 3 is 2.73 bits per heavy atom. The molecule has 2 aromatic rings. The first-order valence-electron chi connectivity index (χ1n) is 7.82. The molecule has 5 heteroatoms. The van der Waals surface area contributed by atoms with E-state index in [4.69, 9.17) is 12.2 Å². The summed E-state index contributed by atoms with van der Waals surface area (Å²) < 4.78 is 2.55. The number of aromatic nitrogens is 3. The largest absolute Gasteiger partial charge is 0.284 e. The minimum absolute atomic E-state index is 0.609. The molecular weight excluding hydrogens is 292 g/mol. The maximum atomic E-state index is 5.36. The molecule has 1 N–H and O–H groups in total. The minimum atomic E-state index is 0.609. The fourth-order valence-corrected chi connectivity index (χ4v) is 3.17. The molecule has 1 aromatic heterocycles. The number of hydrogen-bond donors (Lipinski definition) is 1. The average molecular weight is 314 g/mol. The quantitative estimate of drug-likeness (QED) is 0.849. The Morgan fingerprint density at radius 1 is 1.27 bits per heavy atom. The average Bonchev–Trinajstić information content (AvgIpc) is 3.17. The van der Waals surface area contributed by atoms with Crippen molar-refractivity contribution >= 4 is 24.4 Å². The second kappa shape index (κ2) is 7.03. The smallest absolute Gasteiger partial charge is 0.217 e. The molecule has 1 heterocycles. The fourth-order valence-electron chi connectivity index (χ4n) is 2.97. The number of nitrogens with zero attached hydrogens (tertiary/aromatic N) is 3.